The van der Waals surface area contributed by atoms with Gasteiger partial charge in [0.1, 0.15) is 0 Å². The van der Waals surface area contributed by atoms with Crippen molar-refractivity contribution in [3.63, 3.8) is 0 Å². The van der Waals surface area contributed by atoms with E-state index in [-0.39, 0.29) is 23.2 Å². The molecule has 0 aliphatic heterocycles. The van der Waals surface area contributed by atoms with Crippen LogP contribution in [0.1, 0.15) is 16.9 Å². The van der Waals surface area contributed by atoms with Crippen molar-refractivity contribution < 1.29 is 9.90 Å². The van der Waals surface area contributed by atoms with Crippen LogP contribution in [0, 0.1) is 11.3 Å². The Bertz CT molecular complexity index is 461. The molecular weight excluding hydrogens is 191 g/mol. The number of nitriles is 1. The van der Waals surface area contributed by atoms with Crippen LogP contribution in [0.3, 0.4) is 0 Å². The van der Waals surface area contributed by atoms with Gasteiger partial charge in [0.2, 0.25) is 0 Å². The van der Waals surface area contributed by atoms with Crippen molar-refractivity contribution in [2.45, 2.75) is 6.42 Å². The van der Waals surface area contributed by atoms with Crippen LogP contribution in [0.4, 0.5) is 0 Å². The summed E-state index contributed by atoms with van der Waals surface area (Å²) >= 11 is 0. The van der Waals surface area contributed by atoms with E-state index in [1.165, 1.54) is 6.92 Å². The molecular formula is C7H4B3N3O2. The molecule has 1 aromatic rings. The number of rotatable bonds is 3. The number of carbonyl (C=O) groups is 1. The summed E-state index contributed by atoms with van der Waals surface area (Å²) in [6.45, 7) is 1.36. The van der Waals surface area contributed by atoms with Gasteiger partial charge >= 0.3 is 88.8 Å². The van der Waals surface area contributed by atoms with Crippen LogP contribution in [-0.4, -0.2) is 48.6 Å². The number of hydrogen-bond acceptors (Lipinski definition) is 3. The minimum atomic E-state index is -1.17. The Morgan fingerprint density at radius 2 is 2.47 bits per heavy atom. The number of carboxylic acids is 1. The van der Waals surface area contributed by atoms with Crippen molar-refractivity contribution in [1.82, 2.24) is 9.46 Å². The van der Waals surface area contributed by atoms with Gasteiger partial charge in [0.05, 0.1) is 0 Å². The first kappa shape index (κ1) is 11.3. The zero-order chi connectivity index (χ0) is 11.4. The Balaban J connectivity index is 3.01. The predicted molar refractivity (Wildman–Crippen MR) is 56.7 cm³/mol. The number of nitrogens with zero attached hydrogens (tertiary/aromatic N) is 3. The number of hydrogen-bond donors (Lipinski definition) is 1. The van der Waals surface area contributed by atoms with Crippen molar-refractivity contribution in [3.8, 4) is 6.07 Å². The molecule has 8 heteroatoms. The van der Waals surface area contributed by atoms with E-state index in [1.54, 1.807) is 0 Å². The molecule has 0 bridgehead atoms. The van der Waals surface area contributed by atoms with Gasteiger partial charge in [-0.25, -0.2) is 0 Å². The Morgan fingerprint density at radius 3 is 2.93 bits per heavy atom. The molecule has 68 valence electrons. The van der Waals surface area contributed by atoms with Crippen LogP contribution in [0.25, 0.3) is 0 Å². The molecule has 0 atom stereocenters. The van der Waals surface area contributed by atoms with Crippen molar-refractivity contribution in [3.05, 3.63) is 11.9 Å². The Labute approximate surface area is 89.5 Å². The van der Waals surface area contributed by atoms with Gasteiger partial charge in [-0.1, -0.05) is 0 Å². The van der Waals surface area contributed by atoms with Gasteiger partial charge in [-0.05, 0) is 0 Å². The first-order valence-corrected chi connectivity index (χ1v) is 3.95. The van der Waals surface area contributed by atoms with E-state index in [0.717, 1.165) is 10.7 Å². The summed E-state index contributed by atoms with van der Waals surface area (Å²) in [5.41, 5.74) is 0.0219. The van der Waals surface area contributed by atoms with Crippen molar-refractivity contribution in [2.24, 2.45) is 0 Å². The Morgan fingerprint density at radius 1 is 1.80 bits per heavy atom. The topological polar surface area (TPSA) is 78.9 Å². The molecule has 0 saturated carbocycles. The Kier molecular flexibility index (Phi) is 3.50. The molecule has 1 rings (SSSR count). The van der Waals surface area contributed by atoms with Crippen molar-refractivity contribution in [2.75, 3.05) is 0 Å². The van der Waals surface area contributed by atoms with E-state index in [0.29, 0.717) is 0 Å². The maximum absolute atomic E-state index is 10.5. The summed E-state index contributed by atoms with van der Waals surface area (Å²) in [6.07, 6.45) is 1.20. The van der Waals surface area contributed by atoms with E-state index in [2.05, 4.69) is 4.98 Å². The third kappa shape index (κ3) is 2.84. The number of imidazole rings is 1. The van der Waals surface area contributed by atoms with Gasteiger partial charge in [0.15, 0.2) is 0 Å². The summed E-state index contributed by atoms with van der Waals surface area (Å²) in [5, 5.41) is 17.2. The van der Waals surface area contributed by atoms with E-state index in [1.807, 2.05) is 6.07 Å². The zero-order valence-corrected chi connectivity index (χ0v) is 7.71. The molecule has 15 heavy (non-hydrogen) atoms. The second-order valence-corrected chi connectivity index (χ2v) is 2.75. The van der Waals surface area contributed by atoms with E-state index in [4.69, 9.17) is 26.2 Å². The van der Waals surface area contributed by atoms with E-state index >= 15 is 0 Å². The molecule has 0 aliphatic carbocycles. The molecule has 1 heterocycles. The molecule has 4 radical (unpaired) electrons. The summed E-state index contributed by atoms with van der Waals surface area (Å²) in [6, 6.07) is 1.85. The average Bonchev–Trinajstić information content (AvgIpc) is 2.48. The molecule has 1 N–H and O–H groups in total. The third-order valence-electron chi connectivity index (χ3n) is 1.58. The maximum atomic E-state index is 10.5. The predicted octanol–water partition coefficient (Wildman–Crippen LogP) is -1.95. The normalized spacial score (nSPS) is 10.5. The van der Waals surface area contributed by atoms with Crippen LogP contribution in [0.15, 0.2) is 6.20 Å². The number of aromatic nitrogens is 2. The molecule has 1 aromatic heterocycles. The Hall–Kier alpha value is -1.77. The quantitative estimate of drug-likeness (QED) is 0.568. The fraction of sp³-hybridized carbons (Fsp3) is 0.143. The van der Waals surface area contributed by atoms with Crippen molar-refractivity contribution in [1.29, 1.82) is 5.26 Å². The van der Waals surface area contributed by atoms with Gasteiger partial charge in [-0.3, -0.25) is 0 Å². The molecule has 0 spiro atoms. The van der Waals surface area contributed by atoms with E-state index in [9.17, 15) is 4.79 Å². The van der Waals surface area contributed by atoms with Crippen molar-refractivity contribution >= 4 is 39.8 Å². The molecule has 0 aromatic carbocycles. The summed E-state index contributed by atoms with van der Waals surface area (Å²) in [5.74, 6) is -1.17. The summed E-state index contributed by atoms with van der Waals surface area (Å²) in [4.78, 5) is 14.2. The SMILES string of the molecule is [B]C(=Bc1nc(C(=O)O)cn1[B])CC#N. The van der Waals surface area contributed by atoms with Gasteiger partial charge in [0.25, 0.3) is 0 Å². The molecule has 0 saturated heterocycles. The second-order valence-electron chi connectivity index (χ2n) is 2.75. The third-order valence-corrected chi connectivity index (χ3v) is 1.58. The van der Waals surface area contributed by atoms with Crippen LogP contribution < -0.4 is 5.72 Å². The molecule has 0 amide bonds. The van der Waals surface area contributed by atoms with Crippen LogP contribution in [0.5, 0.6) is 0 Å². The zero-order valence-electron chi connectivity index (χ0n) is 7.71. The van der Waals surface area contributed by atoms with Gasteiger partial charge in [0, 0.05) is 0 Å². The minimum absolute atomic E-state index is 0.0370. The standard InChI is InChI=1S/C7H4B3N3O2/c8-5(1-2-11)10-7-12-4(6(14)15)3-13(7)9/h3H,1H2,(H,14,15). The van der Waals surface area contributed by atoms with Gasteiger partial charge in [-0.2, -0.15) is 0 Å². The first-order chi connectivity index (χ1) is 7.04. The van der Waals surface area contributed by atoms with Gasteiger partial charge in [-0.15, -0.1) is 0 Å². The molecule has 0 aliphatic rings. The van der Waals surface area contributed by atoms with E-state index < -0.39 is 5.97 Å². The number of aromatic carboxylic acids is 1. The van der Waals surface area contributed by atoms with Crippen LogP contribution in [-0.2, 0) is 0 Å². The fourth-order valence-electron chi connectivity index (χ4n) is 0.926. The summed E-state index contributed by atoms with van der Waals surface area (Å²) in [7, 11) is 10.9. The molecule has 0 unspecified atom stereocenters. The van der Waals surface area contributed by atoms with Crippen LogP contribution >= 0.6 is 0 Å². The van der Waals surface area contributed by atoms with Gasteiger partial charge < -0.3 is 0 Å². The number of carboxylic acid groups (broad SMARTS) is 1. The molecule has 0 fully saturated rings. The average molecular weight is 195 g/mol. The monoisotopic (exact) mass is 195 g/mol. The molecule has 5 nitrogen and oxygen atoms in total. The first-order valence-electron chi connectivity index (χ1n) is 3.95. The summed E-state index contributed by atoms with van der Waals surface area (Å²) < 4.78 is 1.04. The second kappa shape index (κ2) is 4.64. The van der Waals surface area contributed by atoms with Crippen LogP contribution in [0.2, 0.25) is 0 Å². The fourth-order valence-corrected chi connectivity index (χ4v) is 0.926.